The van der Waals surface area contributed by atoms with Gasteiger partial charge in [-0.05, 0) is 58.8 Å². The normalized spacial score (nSPS) is 14.5. The van der Waals surface area contributed by atoms with Crippen molar-refractivity contribution in [1.29, 1.82) is 0 Å². The number of aromatic nitrogens is 1. The van der Waals surface area contributed by atoms with E-state index in [9.17, 15) is 4.79 Å². The number of carbonyl (C=O) groups is 1. The van der Waals surface area contributed by atoms with Crippen LogP contribution in [0, 0.1) is 0 Å². The van der Waals surface area contributed by atoms with Crippen molar-refractivity contribution in [3.8, 4) is 0 Å². The highest BCUT2D eigenvalue weighted by Crippen LogP contribution is 2.24. The molecule has 0 saturated carbocycles. The quantitative estimate of drug-likeness (QED) is 0.344. The Morgan fingerprint density at radius 2 is 2.07 bits per heavy atom. The third-order valence-electron chi connectivity index (χ3n) is 3.68. The zero-order chi connectivity index (χ0) is 20.4. The van der Waals surface area contributed by atoms with Crippen LogP contribution in [-0.2, 0) is 9.53 Å². The Hall–Kier alpha value is -2.24. The number of rotatable bonds is 9. The second-order valence-corrected chi connectivity index (χ2v) is 7.29. The fraction of sp³-hybridized carbons (Fsp3) is 0.364. The van der Waals surface area contributed by atoms with Crippen LogP contribution >= 0.6 is 11.3 Å². The molecule has 0 fully saturated rings. The van der Waals surface area contributed by atoms with Gasteiger partial charge in [-0.15, -0.1) is 11.3 Å². The Labute approximate surface area is 166 Å². The number of hydrogen-bond donors (Lipinski definition) is 1. The lowest BCUT2D eigenvalue weighted by atomic mass is 10.1. The van der Waals surface area contributed by atoms with Crippen molar-refractivity contribution in [3.63, 3.8) is 0 Å². The summed E-state index contributed by atoms with van der Waals surface area (Å²) in [5.74, 6) is -0.298. The Bertz CT molecular complexity index is 782. The lowest BCUT2D eigenvalue weighted by Crippen LogP contribution is -2.10. The van der Waals surface area contributed by atoms with Gasteiger partial charge in [0.05, 0.1) is 18.3 Å². The van der Waals surface area contributed by atoms with Crippen molar-refractivity contribution in [2.24, 2.45) is 5.73 Å². The molecule has 0 bridgehead atoms. The van der Waals surface area contributed by atoms with Crippen LogP contribution in [0.3, 0.4) is 0 Å². The van der Waals surface area contributed by atoms with E-state index in [2.05, 4.69) is 17.6 Å². The molecule has 0 aliphatic carbocycles. The fourth-order valence-corrected chi connectivity index (χ4v) is 3.11. The van der Waals surface area contributed by atoms with E-state index in [1.807, 2.05) is 44.4 Å². The van der Waals surface area contributed by atoms with Gasteiger partial charge < -0.3 is 10.5 Å². The maximum atomic E-state index is 11.7. The summed E-state index contributed by atoms with van der Waals surface area (Å²) in [7, 11) is 0. The lowest BCUT2D eigenvalue weighted by Gasteiger charge is -2.09. The van der Waals surface area contributed by atoms with Crippen LogP contribution in [0.5, 0.6) is 0 Å². The van der Waals surface area contributed by atoms with Gasteiger partial charge in [0.1, 0.15) is 5.01 Å². The molecule has 0 spiro atoms. The van der Waals surface area contributed by atoms with Gasteiger partial charge in [-0.25, -0.2) is 9.78 Å². The molecule has 1 unspecified atom stereocenters. The van der Waals surface area contributed by atoms with Crippen LogP contribution in [0.2, 0.25) is 0 Å². The summed E-state index contributed by atoms with van der Waals surface area (Å²) in [6, 6.07) is -0.157. The first-order valence-electron chi connectivity index (χ1n) is 9.00. The minimum Gasteiger partial charge on any atom is -0.463 e. The average molecular weight is 387 g/mol. The van der Waals surface area contributed by atoms with Gasteiger partial charge in [0.25, 0.3) is 0 Å². The molecular weight excluding hydrogens is 356 g/mol. The molecular formula is C22H30N2O2S. The predicted octanol–water partition coefficient (Wildman–Crippen LogP) is 5.52. The van der Waals surface area contributed by atoms with E-state index in [0.717, 1.165) is 33.8 Å². The number of ether oxygens (including phenoxy) is 1. The largest absolute Gasteiger partial charge is 0.463 e. The van der Waals surface area contributed by atoms with E-state index < -0.39 is 0 Å². The summed E-state index contributed by atoms with van der Waals surface area (Å²) in [5.41, 5.74) is 10.8. The zero-order valence-electron chi connectivity index (χ0n) is 16.9. The second-order valence-electron chi connectivity index (χ2n) is 6.40. The third kappa shape index (κ3) is 8.33. The van der Waals surface area contributed by atoms with Gasteiger partial charge in [-0.3, -0.25) is 0 Å². The van der Waals surface area contributed by atoms with E-state index in [1.54, 1.807) is 31.3 Å². The van der Waals surface area contributed by atoms with Crippen molar-refractivity contribution < 1.29 is 9.53 Å². The topological polar surface area (TPSA) is 65.2 Å². The summed E-state index contributed by atoms with van der Waals surface area (Å²) in [5, 5.41) is 2.87. The molecule has 2 N–H and O–H groups in total. The monoisotopic (exact) mass is 386 g/mol. The number of allylic oxidation sites excluding steroid dienone is 6. The Balaban J connectivity index is 2.83. The van der Waals surface area contributed by atoms with Gasteiger partial charge >= 0.3 is 5.97 Å². The molecule has 1 heterocycles. The highest BCUT2D eigenvalue weighted by atomic mass is 32.1. The summed E-state index contributed by atoms with van der Waals surface area (Å²) in [4.78, 5) is 16.3. The smallest absolute Gasteiger partial charge is 0.333 e. The molecule has 4 nitrogen and oxygen atoms in total. The number of nitrogens with two attached hydrogens (primary N) is 1. The molecule has 27 heavy (non-hydrogen) atoms. The first kappa shape index (κ1) is 22.8. The summed E-state index contributed by atoms with van der Waals surface area (Å²) >= 11 is 1.55. The van der Waals surface area contributed by atoms with Crippen molar-refractivity contribution in [2.45, 2.75) is 47.1 Å². The first-order chi connectivity index (χ1) is 12.8. The maximum absolute atomic E-state index is 11.7. The maximum Gasteiger partial charge on any atom is 0.333 e. The average Bonchev–Trinajstić information content (AvgIpc) is 3.06. The van der Waals surface area contributed by atoms with Crippen LogP contribution in [0.1, 0.15) is 57.8 Å². The van der Waals surface area contributed by atoms with Crippen molar-refractivity contribution >= 4 is 23.4 Å². The molecule has 1 rings (SSSR count). The third-order valence-corrected chi connectivity index (χ3v) is 4.68. The molecule has 0 radical (unpaired) electrons. The molecule has 146 valence electrons. The van der Waals surface area contributed by atoms with Gasteiger partial charge in [0.2, 0.25) is 0 Å². The van der Waals surface area contributed by atoms with Crippen molar-refractivity contribution in [2.75, 3.05) is 6.61 Å². The zero-order valence-corrected chi connectivity index (χ0v) is 17.7. The van der Waals surface area contributed by atoms with Gasteiger partial charge in [-0.2, -0.15) is 0 Å². The van der Waals surface area contributed by atoms with Crippen LogP contribution in [0.15, 0.2) is 58.6 Å². The predicted molar refractivity (Wildman–Crippen MR) is 115 cm³/mol. The molecule has 0 saturated heterocycles. The van der Waals surface area contributed by atoms with Crippen LogP contribution in [-0.4, -0.2) is 17.6 Å². The van der Waals surface area contributed by atoms with Crippen molar-refractivity contribution in [1.82, 2.24) is 4.98 Å². The summed E-state index contributed by atoms with van der Waals surface area (Å²) in [6.07, 6.45) is 10.5. The molecule has 1 aromatic heterocycles. The molecule has 0 aliphatic heterocycles. The standard InChI is InChI=1S/C22H30N2O2S/c1-7-18(10-9-15(3)4)13-20(23)21-24-19(14-27-21)12-16(5)11-17(6)22(25)26-8-2/h7,9-12,14,20H,3,8,13,23H2,1-2,4-6H3/b10-9-,16-12+,17-11-,18-7+. The fourth-order valence-electron chi connectivity index (χ4n) is 2.33. The van der Waals surface area contributed by atoms with E-state index in [4.69, 9.17) is 10.5 Å². The van der Waals surface area contributed by atoms with Gasteiger partial charge in [0, 0.05) is 11.0 Å². The molecule has 1 aromatic rings. The molecule has 0 aliphatic rings. The van der Waals surface area contributed by atoms with Crippen molar-refractivity contribution in [3.05, 3.63) is 69.3 Å². The first-order valence-corrected chi connectivity index (χ1v) is 9.88. The highest BCUT2D eigenvalue weighted by molar-refractivity contribution is 7.09. The molecule has 0 amide bonds. The van der Waals surface area contributed by atoms with E-state index in [1.165, 1.54) is 0 Å². The minimum absolute atomic E-state index is 0.157. The Morgan fingerprint density at radius 3 is 2.67 bits per heavy atom. The van der Waals surface area contributed by atoms with E-state index >= 15 is 0 Å². The summed E-state index contributed by atoms with van der Waals surface area (Å²) < 4.78 is 4.99. The molecule has 1 atom stereocenters. The number of nitrogens with zero attached hydrogens (tertiary/aromatic N) is 1. The minimum atomic E-state index is -0.298. The van der Waals surface area contributed by atoms with Crippen LogP contribution in [0.4, 0.5) is 0 Å². The SMILES string of the molecule is C=C(C)/C=C\C(=C/C)CC(N)c1nc(/C=C(C)/C=C(/C)C(=O)OCC)cs1. The van der Waals surface area contributed by atoms with E-state index in [0.29, 0.717) is 12.2 Å². The Morgan fingerprint density at radius 1 is 1.37 bits per heavy atom. The molecule has 0 aromatic carbocycles. The molecule has 5 heteroatoms. The van der Waals surface area contributed by atoms with E-state index in [-0.39, 0.29) is 12.0 Å². The van der Waals surface area contributed by atoms with Gasteiger partial charge in [-0.1, -0.05) is 36.0 Å². The second kappa shape index (κ2) is 11.5. The number of thiazole rings is 1. The Kier molecular flexibility index (Phi) is 9.68. The van der Waals surface area contributed by atoms with Crippen LogP contribution in [0.25, 0.3) is 6.08 Å². The number of esters is 1. The highest BCUT2D eigenvalue weighted by Gasteiger charge is 2.12. The number of hydrogen-bond acceptors (Lipinski definition) is 5. The van der Waals surface area contributed by atoms with Crippen LogP contribution < -0.4 is 5.73 Å². The lowest BCUT2D eigenvalue weighted by molar-refractivity contribution is -0.138. The summed E-state index contributed by atoms with van der Waals surface area (Å²) in [6.45, 7) is 13.7. The number of carbonyl (C=O) groups excluding carboxylic acids is 1. The van der Waals surface area contributed by atoms with Gasteiger partial charge in [0.15, 0.2) is 0 Å².